The first-order valence-corrected chi connectivity index (χ1v) is 7.97. The average Bonchev–Trinajstić information content (AvgIpc) is 2.89. The van der Waals surface area contributed by atoms with E-state index in [1.807, 2.05) is 39.0 Å². The van der Waals surface area contributed by atoms with Crippen LogP contribution in [0.4, 0.5) is 5.82 Å². The zero-order valence-corrected chi connectivity index (χ0v) is 14.7. The second-order valence-corrected chi connectivity index (χ2v) is 6.25. The molecule has 0 bridgehead atoms. The molecule has 0 aliphatic heterocycles. The number of aromatic nitrogens is 3. The van der Waals surface area contributed by atoms with Gasteiger partial charge in [0.15, 0.2) is 5.82 Å². The third-order valence-electron chi connectivity index (χ3n) is 3.93. The summed E-state index contributed by atoms with van der Waals surface area (Å²) in [5.74, 6) is 0.163. The molecule has 3 rings (SSSR count). The van der Waals surface area contributed by atoms with Crippen molar-refractivity contribution in [1.82, 2.24) is 14.3 Å². The Morgan fingerprint density at radius 3 is 2.36 bits per heavy atom. The third kappa shape index (κ3) is 3.52. The molecular weight excluding hydrogens is 316 g/mol. The van der Waals surface area contributed by atoms with Crippen molar-refractivity contribution >= 4 is 11.7 Å². The summed E-state index contributed by atoms with van der Waals surface area (Å²) in [6.45, 7) is 6.02. The van der Waals surface area contributed by atoms with Gasteiger partial charge in [-0.05, 0) is 50.1 Å². The Labute approximate surface area is 145 Å². The number of nitrogens with one attached hydrogen (secondary N) is 1. The number of benzene rings is 1. The first kappa shape index (κ1) is 16.7. The molecule has 1 N–H and O–H groups in total. The lowest BCUT2D eigenvalue weighted by Crippen LogP contribution is -2.19. The molecule has 6 heteroatoms. The van der Waals surface area contributed by atoms with Crippen molar-refractivity contribution in [3.8, 4) is 5.69 Å². The van der Waals surface area contributed by atoms with Crippen LogP contribution < -0.4 is 10.9 Å². The van der Waals surface area contributed by atoms with Gasteiger partial charge in [-0.2, -0.15) is 0 Å². The SMILES string of the molecule is Cc1cc(C)cc(-n2nc(NC(=O)c3ccc(=O)n(C)c3)cc2C)c1. The van der Waals surface area contributed by atoms with Crippen LogP contribution in [0.2, 0.25) is 0 Å². The van der Waals surface area contributed by atoms with Gasteiger partial charge in [0.05, 0.1) is 11.3 Å². The van der Waals surface area contributed by atoms with E-state index < -0.39 is 0 Å². The molecule has 0 unspecified atom stereocenters. The smallest absolute Gasteiger partial charge is 0.258 e. The summed E-state index contributed by atoms with van der Waals surface area (Å²) < 4.78 is 3.17. The van der Waals surface area contributed by atoms with E-state index in [0.717, 1.165) is 22.5 Å². The minimum Gasteiger partial charge on any atom is -0.318 e. The molecule has 3 aromatic rings. The summed E-state index contributed by atoms with van der Waals surface area (Å²) in [7, 11) is 1.61. The minimum absolute atomic E-state index is 0.161. The zero-order chi connectivity index (χ0) is 18.1. The van der Waals surface area contributed by atoms with E-state index in [0.29, 0.717) is 11.4 Å². The molecule has 0 aliphatic carbocycles. The van der Waals surface area contributed by atoms with Gasteiger partial charge < -0.3 is 9.88 Å². The second-order valence-electron chi connectivity index (χ2n) is 6.25. The third-order valence-corrected chi connectivity index (χ3v) is 3.93. The lowest BCUT2D eigenvalue weighted by molar-refractivity contribution is 0.102. The van der Waals surface area contributed by atoms with Crippen LogP contribution in [0.25, 0.3) is 5.69 Å². The fourth-order valence-electron chi connectivity index (χ4n) is 2.79. The van der Waals surface area contributed by atoms with E-state index in [1.165, 1.54) is 22.9 Å². The highest BCUT2D eigenvalue weighted by atomic mass is 16.2. The van der Waals surface area contributed by atoms with Crippen LogP contribution in [0.1, 0.15) is 27.2 Å². The number of carbonyl (C=O) groups is 1. The number of rotatable bonds is 3. The molecule has 0 radical (unpaired) electrons. The summed E-state index contributed by atoms with van der Waals surface area (Å²) in [4.78, 5) is 23.8. The molecular formula is C19H20N4O2. The van der Waals surface area contributed by atoms with Crippen molar-refractivity contribution in [2.75, 3.05) is 5.32 Å². The number of pyridine rings is 1. The van der Waals surface area contributed by atoms with Crippen LogP contribution in [-0.2, 0) is 7.05 Å². The van der Waals surface area contributed by atoms with Crippen molar-refractivity contribution in [2.45, 2.75) is 20.8 Å². The Hall–Kier alpha value is -3.15. The predicted octanol–water partition coefficient (Wildman–Crippen LogP) is 2.75. The number of anilines is 1. The van der Waals surface area contributed by atoms with Gasteiger partial charge in [0, 0.05) is 31.1 Å². The van der Waals surface area contributed by atoms with E-state index in [1.54, 1.807) is 11.7 Å². The maximum absolute atomic E-state index is 12.4. The molecule has 1 aromatic carbocycles. The van der Waals surface area contributed by atoms with Gasteiger partial charge in [-0.15, -0.1) is 5.10 Å². The summed E-state index contributed by atoms with van der Waals surface area (Å²) in [6.07, 6.45) is 1.51. The fourth-order valence-corrected chi connectivity index (χ4v) is 2.79. The molecule has 2 heterocycles. The van der Waals surface area contributed by atoms with Gasteiger partial charge in [-0.3, -0.25) is 9.59 Å². The van der Waals surface area contributed by atoms with E-state index in [2.05, 4.69) is 16.5 Å². The Balaban J connectivity index is 1.88. The zero-order valence-electron chi connectivity index (χ0n) is 14.7. The van der Waals surface area contributed by atoms with Gasteiger partial charge in [0.25, 0.3) is 5.91 Å². The molecule has 6 nitrogen and oxygen atoms in total. The standard InChI is InChI=1S/C19H20N4O2/c1-12-7-13(2)9-16(8-12)23-14(3)10-17(21-23)20-19(25)15-5-6-18(24)22(4)11-15/h5-11H,1-4H3,(H,20,21,25). The number of carbonyl (C=O) groups excluding carboxylic acids is 1. The van der Waals surface area contributed by atoms with Crippen molar-refractivity contribution in [3.05, 3.63) is 75.3 Å². The van der Waals surface area contributed by atoms with E-state index in [9.17, 15) is 9.59 Å². The van der Waals surface area contributed by atoms with E-state index >= 15 is 0 Å². The molecule has 0 saturated carbocycles. The molecule has 2 aromatic heterocycles. The van der Waals surface area contributed by atoms with Crippen molar-refractivity contribution in [1.29, 1.82) is 0 Å². The van der Waals surface area contributed by atoms with Gasteiger partial charge >= 0.3 is 0 Å². The van der Waals surface area contributed by atoms with Crippen LogP contribution in [0.5, 0.6) is 0 Å². The molecule has 0 aliphatic rings. The Kier molecular flexibility index (Phi) is 4.27. The largest absolute Gasteiger partial charge is 0.318 e. The minimum atomic E-state index is -0.305. The number of aryl methyl sites for hydroxylation is 4. The van der Waals surface area contributed by atoms with Crippen LogP contribution in [-0.4, -0.2) is 20.3 Å². The highest BCUT2D eigenvalue weighted by molar-refractivity contribution is 6.03. The van der Waals surface area contributed by atoms with E-state index in [4.69, 9.17) is 0 Å². The first-order valence-electron chi connectivity index (χ1n) is 7.97. The number of hydrogen-bond donors (Lipinski definition) is 1. The normalized spacial score (nSPS) is 10.7. The lowest BCUT2D eigenvalue weighted by atomic mass is 10.1. The highest BCUT2D eigenvalue weighted by Crippen LogP contribution is 2.18. The van der Waals surface area contributed by atoms with Crippen molar-refractivity contribution in [3.63, 3.8) is 0 Å². The van der Waals surface area contributed by atoms with Gasteiger partial charge in [-0.1, -0.05) is 6.07 Å². The summed E-state index contributed by atoms with van der Waals surface area (Å²) >= 11 is 0. The molecule has 0 atom stereocenters. The molecule has 128 valence electrons. The summed E-state index contributed by atoms with van der Waals surface area (Å²) in [5, 5.41) is 7.26. The number of hydrogen-bond acceptors (Lipinski definition) is 3. The van der Waals surface area contributed by atoms with Crippen molar-refractivity contribution in [2.24, 2.45) is 7.05 Å². The first-order chi connectivity index (χ1) is 11.8. The quantitative estimate of drug-likeness (QED) is 0.799. The Morgan fingerprint density at radius 1 is 1.04 bits per heavy atom. The molecule has 1 amide bonds. The van der Waals surface area contributed by atoms with Gasteiger partial charge in [-0.25, -0.2) is 4.68 Å². The maximum atomic E-state index is 12.4. The van der Waals surface area contributed by atoms with Gasteiger partial charge in [0.2, 0.25) is 5.56 Å². The van der Waals surface area contributed by atoms with Crippen LogP contribution in [0.3, 0.4) is 0 Å². The van der Waals surface area contributed by atoms with Crippen LogP contribution >= 0.6 is 0 Å². The predicted molar refractivity (Wildman–Crippen MR) is 97.4 cm³/mol. The van der Waals surface area contributed by atoms with Crippen molar-refractivity contribution < 1.29 is 4.79 Å². The monoisotopic (exact) mass is 336 g/mol. The molecule has 0 spiro atoms. The maximum Gasteiger partial charge on any atom is 0.258 e. The number of nitrogens with zero attached hydrogens (tertiary/aromatic N) is 3. The topological polar surface area (TPSA) is 68.9 Å². The molecule has 0 saturated heterocycles. The van der Waals surface area contributed by atoms with Crippen LogP contribution in [0, 0.1) is 20.8 Å². The average molecular weight is 336 g/mol. The van der Waals surface area contributed by atoms with E-state index in [-0.39, 0.29) is 11.5 Å². The highest BCUT2D eigenvalue weighted by Gasteiger charge is 2.12. The molecule has 25 heavy (non-hydrogen) atoms. The Morgan fingerprint density at radius 2 is 1.72 bits per heavy atom. The number of amides is 1. The van der Waals surface area contributed by atoms with Gasteiger partial charge in [0.1, 0.15) is 0 Å². The molecule has 0 fully saturated rings. The van der Waals surface area contributed by atoms with Crippen LogP contribution in [0.15, 0.2) is 47.4 Å². The lowest BCUT2D eigenvalue weighted by Gasteiger charge is -2.07. The summed E-state index contributed by atoms with van der Waals surface area (Å²) in [5.41, 5.74) is 4.42. The second kappa shape index (κ2) is 6.39. The fraction of sp³-hybridized carbons (Fsp3) is 0.211. The Bertz CT molecular complexity index is 994. The summed E-state index contributed by atoms with van der Waals surface area (Å²) in [6, 6.07) is 10.9.